The predicted octanol–water partition coefficient (Wildman–Crippen LogP) is 3.35. The number of thiazole rings is 1. The van der Waals surface area contributed by atoms with E-state index in [1.165, 1.54) is 41.2 Å². The predicted molar refractivity (Wildman–Crippen MR) is 76.1 cm³/mol. The lowest BCUT2D eigenvalue weighted by atomic mass is 10.0. The van der Waals surface area contributed by atoms with Crippen LogP contribution in [0.15, 0.2) is 24.3 Å². The number of hydrogen-bond acceptors (Lipinski definition) is 3. The van der Waals surface area contributed by atoms with E-state index in [1.807, 2.05) is 11.3 Å². The van der Waals surface area contributed by atoms with Gasteiger partial charge in [-0.25, -0.2) is 4.98 Å². The Bertz CT molecular complexity index is 530. The number of benzene rings is 1. The maximum absolute atomic E-state index is 4.85. The lowest BCUT2D eigenvalue weighted by Gasteiger charge is -2.12. The fourth-order valence-electron chi connectivity index (χ4n) is 3.80. The van der Waals surface area contributed by atoms with Crippen molar-refractivity contribution in [2.75, 3.05) is 20.1 Å². The van der Waals surface area contributed by atoms with Gasteiger partial charge in [-0.2, -0.15) is 0 Å². The van der Waals surface area contributed by atoms with Crippen LogP contribution >= 0.6 is 11.3 Å². The molecule has 2 aliphatic rings. The normalized spacial score (nSPS) is 32.2. The highest BCUT2D eigenvalue weighted by atomic mass is 32.1. The molecule has 1 aliphatic heterocycles. The molecule has 2 nitrogen and oxygen atoms in total. The number of para-hydroxylation sites is 1. The highest BCUT2D eigenvalue weighted by Gasteiger charge is 2.40. The maximum Gasteiger partial charge on any atom is 0.0969 e. The maximum atomic E-state index is 4.85. The van der Waals surface area contributed by atoms with E-state index in [9.17, 15) is 0 Å². The number of nitrogens with zero attached hydrogens (tertiary/aromatic N) is 2. The molecule has 1 aliphatic carbocycles. The first-order valence-electron chi connectivity index (χ1n) is 6.83. The number of rotatable bonds is 1. The molecule has 18 heavy (non-hydrogen) atoms. The number of fused-ring (bicyclic) bond motifs is 2. The first-order chi connectivity index (χ1) is 8.79. The molecule has 1 aromatic heterocycles. The third-order valence-corrected chi connectivity index (χ3v) is 5.79. The summed E-state index contributed by atoms with van der Waals surface area (Å²) in [5, 5.41) is 1.38. The Morgan fingerprint density at radius 2 is 1.89 bits per heavy atom. The molecule has 0 spiro atoms. The van der Waals surface area contributed by atoms with Gasteiger partial charge in [-0.05, 0) is 43.9 Å². The molecular formula is C15H18N2S. The fraction of sp³-hybridized carbons (Fsp3) is 0.533. The van der Waals surface area contributed by atoms with E-state index < -0.39 is 0 Å². The zero-order valence-corrected chi connectivity index (χ0v) is 11.5. The van der Waals surface area contributed by atoms with E-state index in [1.54, 1.807) is 0 Å². The second-order valence-electron chi connectivity index (χ2n) is 5.93. The minimum Gasteiger partial charge on any atom is -0.306 e. The van der Waals surface area contributed by atoms with Gasteiger partial charge in [0.15, 0.2) is 0 Å². The highest BCUT2D eigenvalue weighted by Crippen LogP contribution is 2.47. The molecule has 2 aromatic rings. The summed E-state index contributed by atoms with van der Waals surface area (Å²) in [4.78, 5) is 7.34. The van der Waals surface area contributed by atoms with Gasteiger partial charge in [0, 0.05) is 19.0 Å². The molecule has 2 unspecified atom stereocenters. The van der Waals surface area contributed by atoms with Crippen LogP contribution in [0.3, 0.4) is 0 Å². The average Bonchev–Trinajstić information content (AvgIpc) is 2.98. The number of aromatic nitrogens is 1. The van der Waals surface area contributed by atoms with E-state index in [2.05, 4.69) is 36.2 Å². The SMILES string of the molecule is CN1CC2CC(c3nc4ccccc4s3)CC2C1. The molecule has 4 rings (SSSR count). The van der Waals surface area contributed by atoms with E-state index in [0.717, 1.165) is 17.8 Å². The largest absolute Gasteiger partial charge is 0.306 e. The van der Waals surface area contributed by atoms with E-state index in [4.69, 9.17) is 4.98 Å². The van der Waals surface area contributed by atoms with Crippen LogP contribution in [0.1, 0.15) is 23.8 Å². The van der Waals surface area contributed by atoms with Gasteiger partial charge in [0.05, 0.1) is 15.2 Å². The van der Waals surface area contributed by atoms with Gasteiger partial charge in [-0.1, -0.05) is 12.1 Å². The zero-order chi connectivity index (χ0) is 12.1. The van der Waals surface area contributed by atoms with Crippen molar-refractivity contribution in [1.29, 1.82) is 0 Å². The summed E-state index contributed by atoms with van der Waals surface area (Å²) >= 11 is 1.91. The third kappa shape index (κ3) is 1.69. The van der Waals surface area contributed by atoms with Crippen LogP contribution in [0.25, 0.3) is 10.2 Å². The summed E-state index contributed by atoms with van der Waals surface area (Å²) in [5.41, 5.74) is 1.19. The number of likely N-dealkylation sites (tertiary alicyclic amines) is 1. The summed E-state index contributed by atoms with van der Waals surface area (Å²) < 4.78 is 1.35. The van der Waals surface area contributed by atoms with Gasteiger partial charge in [0.25, 0.3) is 0 Å². The summed E-state index contributed by atoms with van der Waals surface area (Å²) in [7, 11) is 2.25. The smallest absolute Gasteiger partial charge is 0.0969 e. The van der Waals surface area contributed by atoms with Crippen molar-refractivity contribution in [1.82, 2.24) is 9.88 Å². The van der Waals surface area contributed by atoms with E-state index >= 15 is 0 Å². The first-order valence-corrected chi connectivity index (χ1v) is 7.65. The minimum absolute atomic E-state index is 0.728. The van der Waals surface area contributed by atoms with Crippen molar-refractivity contribution in [3.63, 3.8) is 0 Å². The van der Waals surface area contributed by atoms with Crippen LogP contribution in [0.4, 0.5) is 0 Å². The molecule has 0 bridgehead atoms. The van der Waals surface area contributed by atoms with E-state index in [0.29, 0.717) is 0 Å². The molecule has 0 radical (unpaired) electrons. The monoisotopic (exact) mass is 258 g/mol. The van der Waals surface area contributed by atoms with Crippen molar-refractivity contribution in [2.45, 2.75) is 18.8 Å². The molecule has 0 N–H and O–H groups in total. The standard InChI is InChI=1S/C15H18N2S/c1-17-8-11-6-10(7-12(11)9-17)15-16-13-4-2-3-5-14(13)18-15/h2-5,10-12H,6-9H2,1H3. The zero-order valence-electron chi connectivity index (χ0n) is 10.7. The van der Waals surface area contributed by atoms with Crippen LogP contribution in [0, 0.1) is 11.8 Å². The topological polar surface area (TPSA) is 16.1 Å². The molecule has 1 saturated carbocycles. The molecule has 94 valence electrons. The van der Waals surface area contributed by atoms with Crippen LogP contribution in [0.2, 0.25) is 0 Å². The van der Waals surface area contributed by atoms with Crippen molar-refractivity contribution < 1.29 is 0 Å². The summed E-state index contributed by atoms with van der Waals surface area (Å²) in [6, 6.07) is 8.53. The van der Waals surface area contributed by atoms with Gasteiger partial charge in [-0.3, -0.25) is 0 Å². The molecule has 2 heterocycles. The van der Waals surface area contributed by atoms with Gasteiger partial charge in [0.2, 0.25) is 0 Å². The Morgan fingerprint density at radius 3 is 2.61 bits per heavy atom. The molecule has 2 fully saturated rings. The Kier molecular flexibility index (Phi) is 2.45. The van der Waals surface area contributed by atoms with Gasteiger partial charge in [-0.15, -0.1) is 11.3 Å². The molecular weight excluding hydrogens is 240 g/mol. The summed E-state index contributed by atoms with van der Waals surface area (Å²) in [6.07, 6.45) is 2.71. The molecule has 0 amide bonds. The van der Waals surface area contributed by atoms with E-state index in [-0.39, 0.29) is 0 Å². The second-order valence-corrected chi connectivity index (χ2v) is 6.99. The third-order valence-electron chi connectivity index (χ3n) is 4.59. The van der Waals surface area contributed by atoms with Crippen LogP contribution < -0.4 is 0 Å². The molecule has 1 aromatic carbocycles. The molecule has 3 heteroatoms. The Morgan fingerprint density at radius 1 is 1.17 bits per heavy atom. The first kappa shape index (κ1) is 10.9. The fourth-order valence-corrected chi connectivity index (χ4v) is 4.89. The van der Waals surface area contributed by atoms with Crippen LogP contribution in [-0.2, 0) is 0 Å². The summed E-state index contributed by atoms with van der Waals surface area (Å²) in [6.45, 7) is 2.60. The Hall–Kier alpha value is -0.930. The van der Waals surface area contributed by atoms with Crippen molar-refractivity contribution in [3.05, 3.63) is 29.3 Å². The van der Waals surface area contributed by atoms with Crippen LogP contribution in [0.5, 0.6) is 0 Å². The second kappa shape index (κ2) is 4.04. The lowest BCUT2D eigenvalue weighted by Crippen LogP contribution is -2.16. The Balaban J connectivity index is 1.61. The highest BCUT2D eigenvalue weighted by molar-refractivity contribution is 7.18. The molecule has 2 atom stereocenters. The quantitative estimate of drug-likeness (QED) is 0.780. The summed E-state index contributed by atoms with van der Waals surface area (Å²) in [5.74, 6) is 2.57. The van der Waals surface area contributed by atoms with Crippen LogP contribution in [-0.4, -0.2) is 30.0 Å². The number of hydrogen-bond donors (Lipinski definition) is 0. The van der Waals surface area contributed by atoms with Crippen molar-refractivity contribution in [2.24, 2.45) is 11.8 Å². The lowest BCUT2D eigenvalue weighted by molar-refractivity contribution is 0.371. The van der Waals surface area contributed by atoms with Gasteiger partial charge >= 0.3 is 0 Å². The minimum atomic E-state index is 0.728. The van der Waals surface area contributed by atoms with Gasteiger partial charge in [0.1, 0.15) is 0 Å². The molecule has 1 saturated heterocycles. The van der Waals surface area contributed by atoms with Crippen molar-refractivity contribution >= 4 is 21.6 Å². The average molecular weight is 258 g/mol. The van der Waals surface area contributed by atoms with Crippen molar-refractivity contribution in [3.8, 4) is 0 Å². The Labute approximate surface area is 112 Å². The van der Waals surface area contributed by atoms with Gasteiger partial charge < -0.3 is 4.90 Å².